The molecule has 0 bridgehead atoms. The van der Waals surface area contributed by atoms with Crippen LogP contribution in [0.15, 0.2) is 53.4 Å². The summed E-state index contributed by atoms with van der Waals surface area (Å²) in [6.07, 6.45) is 1.11. The van der Waals surface area contributed by atoms with Crippen LogP contribution in [0.5, 0.6) is 0 Å². The van der Waals surface area contributed by atoms with Gasteiger partial charge in [-0.25, -0.2) is 9.10 Å². The molecule has 143 valence electrons. The van der Waals surface area contributed by atoms with Crippen LogP contribution in [0, 0.1) is 44.1 Å². The smallest absolute Gasteiger partial charge is 0.206 e. The summed E-state index contributed by atoms with van der Waals surface area (Å²) in [4.78, 5) is 4.75. The maximum Gasteiger partial charge on any atom is 0.206 e. The molecule has 0 amide bonds. The van der Waals surface area contributed by atoms with E-state index in [1.807, 2.05) is 36.4 Å². The molecule has 1 aliphatic rings. The Bertz CT molecular complexity index is 748. The quantitative estimate of drug-likeness (QED) is 0.383. The average Bonchev–Trinajstić information content (AvgIpc) is 2.65. The molecule has 0 saturated carbocycles. The van der Waals surface area contributed by atoms with Gasteiger partial charge in [0, 0.05) is 55.6 Å². The van der Waals surface area contributed by atoms with Gasteiger partial charge in [0.25, 0.3) is 0 Å². The zero-order valence-corrected chi connectivity index (χ0v) is 20.9. The molecule has 1 saturated heterocycles. The predicted molar refractivity (Wildman–Crippen MR) is 101 cm³/mol. The summed E-state index contributed by atoms with van der Waals surface area (Å²) < 4.78 is 18.1. The fourth-order valence-electron chi connectivity index (χ4n) is 2.90. The van der Waals surface area contributed by atoms with Crippen LogP contribution < -0.4 is 0 Å². The number of hydroxylamine groups is 2. The van der Waals surface area contributed by atoms with E-state index in [-0.39, 0.29) is 62.8 Å². The van der Waals surface area contributed by atoms with E-state index < -0.39 is 11.1 Å². The molecule has 3 rings (SSSR count). The van der Waals surface area contributed by atoms with Gasteiger partial charge < -0.3 is 5.73 Å². The van der Waals surface area contributed by atoms with Gasteiger partial charge in [-0.3, -0.25) is 5.26 Å². The molecule has 2 N–H and O–H groups in total. The SMILES string of the molecule is [Ac].[NH-]C1CCN(OS(=O)c2ccc(-c3ccc(Cl)cc3)cc2)C(COO)C1. The van der Waals surface area contributed by atoms with Crippen molar-refractivity contribution in [3.8, 4) is 11.1 Å². The molecule has 0 aromatic heterocycles. The van der Waals surface area contributed by atoms with Gasteiger partial charge >= 0.3 is 0 Å². The second kappa shape index (κ2) is 11.3. The molecule has 1 aliphatic heterocycles. The van der Waals surface area contributed by atoms with Crippen LogP contribution in [0.2, 0.25) is 5.02 Å². The van der Waals surface area contributed by atoms with Crippen molar-refractivity contribution in [3.05, 3.63) is 59.3 Å². The van der Waals surface area contributed by atoms with Gasteiger partial charge in [0.05, 0.1) is 17.5 Å². The Balaban J connectivity index is 0.00000261. The van der Waals surface area contributed by atoms with Crippen LogP contribution in [-0.2, 0) is 20.3 Å². The van der Waals surface area contributed by atoms with Gasteiger partial charge in [-0.05, 0) is 41.8 Å². The minimum atomic E-state index is -1.68. The first-order valence-corrected chi connectivity index (χ1v) is 9.72. The zero-order chi connectivity index (χ0) is 18.5. The van der Waals surface area contributed by atoms with E-state index in [1.54, 1.807) is 17.2 Å². The van der Waals surface area contributed by atoms with E-state index >= 15 is 0 Å². The van der Waals surface area contributed by atoms with Crippen molar-refractivity contribution < 1.29 is 62.7 Å². The summed E-state index contributed by atoms with van der Waals surface area (Å²) in [6.45, 7) is 0.485. The first-order valence-electron chi connectivity index (χ1n) is 8.27. The summed E-state index contributed by atoms with van der Waals surface area (Å²) in [6, 6.07) is 14.2. The van der Waals surface area contributed by atoms with Gasteiger partial charge in [-0.2, -0.15) is 9.35 Å². The number of benzene rings is 2. The van der Waals surface area contributed by atoms with E-state index in [9.17, 15) is 4.21 Å². The van der Waals surface area contributed by atoms with E-state index in [0.29, 0.717) is 29.3 Å². The molecule has 2 aromatic rings. The third-order valence-corrected chi connectivity index (χ3v) is 5.55. The van der Waals surface area contributed by atoms with E-state index in [1.165, 1.54) is 0 Å². The van der Waals surface area contributed by atoms with E-state index in [2.05, 4.69) is 4.89 Å². The maximum absolute atomic E-state index is 12.5. The first kappa shape index (κ1) is 23.4. The van der Waals surface area contributed by atoms with Crippen molar-refractivity contribution in [1.82, 2.24) is 5.06 Å². The molecule has 6 nitrogen and oxygen atoms in total. The fourth-order valence-corrected chi connectivity index (χ4v) is 3.84. The number of nitrogens with zero attached hydrogens (tertiary/aromatic N) is 1. The summed E-state index contributed by atoms with van der Waals surface area (Å²) in [7, 11) is 0. The molecule has 3 unspecified atom stereocenters. The Labute approximate surface area is 202 Å². The Morgan fingerprint density at radius 3 is 2.33 bits per heavy atom. The van der Waals surface area contributed by atoms with Crippen LogP contribution in [0.4, 0.5) is 0 Å². The monoisotopic (exact) mass is 622 g/mol. The third-order valence-electron chi connectivity index (χ3n) is 4.32. The van der Waals surface area contributed by atoms with Crippen LogP contribution in [0.25, 0.3) is 16.9 Å². The Kier molecular flexibility index (Phi) is 9.83. The molecule has 2 aromatic carbocycles. The first-order chi connectivity index (χ1) is 12.6. The summed E-state index contributed by atoms with van der Waals surface area (Å²) in [5.74, 6) is 0. The summed E-state index contributed by atoms with van der Waals surface area (Å²) in [5, 5.41) is 10.9. The van der Waals surface area contributed by atoms with Crippen molar-refractivity contribution in [2.75, 3.05) is 13.2 Å². The fraction of sp³-hybridized carbons (Fsp3) is 0.333. The van der Waals surface area contributed by atoms with Gasteiger partial charge in [0.15, 0.2) is 0 Å². The number of piperidine rings is 1. The van der Waals surface area contributed by atoms with Gasteiger partial charge in [0.2, 0.25) is 11.1 Å². The number of hydrogen-bond donors (Lipinski definition) is 1. The number of hydrogen-bond acceptors (Lipinski definition) is 5. The molecule has 0 aliphatic carbocycles. The summed E-state index contributed by atoms with van der Waals surface area (Å²) >= 11 is 4.23. The van der Waals surface area contributed by atoms with Crippen LogP contribution in [-0.4, -0.2) is 39.8 Å². The average molecular weight is 623 g/mol. The number of rotatable bonds is 6. The zero-order valence-electron chi connectivity index (χ0n) is 14.6. The topological polar surface area (TPSA) is 82.8 Å². The Hall–Kier alpha value is 0.122. The van der Waals surface area contributed by atoms with Crippen molar-refractivity contribution >= 4 is 22.7 Å². The molecule has 27 heavy (non-hydrogen) atoms. The van der Waals surface area contributed by atoms with E-state index in [4.69, 9.17) is 26.9 Å². The van der Waals surface area contributed by atoms with Gasteiger partial charge in [-0.15, -0.1) is 6.04 Å². The molecule has 1 heterocycles. The second-order valence-corrected chi connectivity index (χ2v) is 7.68. The number of nitrogens with one attached hydrogen (secondary N) is 1. The van der Waals surface area contributed by atoms with Crippen molar-refractivity contribution in [1.29, 1.82) is 0 Å². The largest absolute Gasteiger partial charge is 0.675 e. The van der Waals surface area contributed by atoms with Crippen LogP contribution in [0.1, 0.15) is 12.8 Å². The molecular formula is C18H20AcClN2O4S-. The normalized spacial score (nSPS) is 21.4. The molecule has 1 radical (unpaired) electrons. The van der Waals surface area contributed by atoms with Gasteiger partial charge in [-0.1, -0.05) is 42.3 Å². The van der Waals surface area contributed by atoms with E-state index in [0.717, 1.165) is 11.1 Å². The van der Waals surface area contributed by atoms with Crippen molar-refractivity contribution in [2.24, 2.45) is 0 Å². The molecule has 1 fully saturated rings. The molecular weight excluding hydrogens is 603 g/mol. The Morgan fingerprint density at radius 1 is 1.15 bits per heavy atom. The summed E-state index contributed by atoms with van der Waals surface area (Å²) in [5.41, 5.74) is 9.84. The van der Waals surface area contributed by atoms with Crippen LogP contribution >= 0.6 is 11.6 Å². The third kappa shape index (κ3) is 6.56. The Morgan fingerprint density at radius 2 is 1.74 bits per heavy atom. The minimum absolute atomic E-state index is 0. The van der Waals surface area contributed by atoms with Gasteiger partial charge in [0.1, 0.15) is 0 Å². The minimum Gasteiger partial charge on any atom is -0.675 e. The number of halogens is 1. The van der Waals surface area contributed by atoms with Crippen molar-refractivity contribution in [2.45, 2.75) is 29.8 Å². The second-order valence-electron chi connectivity index (χ2n) is 6.15. The standard InChI is InChI=1S/C18H20ClN2O4S.Ac/c19-15-5-1-13(2-6-15)14-3-7-18(8-4-14)26(23)25-21-10-9-16(20)11-17(21)12-24-22;/h1-8,16-17,20,22H,9-12H2;/q-1;. The molecule has 0 spiro atoms. The molecule has 9 heteroatoms. The van der Waals surface area contributed by atoms with Crippen molar-refractivity contribution in [3.63, 3.8) is 0 Å². The predicted octanol–water partition coefficient (Wildman–Crippen LogP) is 4.34. The maximum atomic E-state index is 12.5. The van der Waals surface area contributed by atoms with Crippen LogP contribution in [0.3, 0.4) is 0 Å². The molecule has 3 atom stereocenters.